The van der Waals surface area contributed by atoms with Gasteiger partial charge in [-0.3, -0.25) is 0 Å². The first-order valence-corrected chi connectivity index (χ1v) is 0. The van der Waals surface area contributed by atoms with Gasteiger partial charge in [-0.05, 0) is 0 Å². The van der Waals surface area contributed by atoms with E-state index in [0.29, 0.717) is 0 Å². The third-order valence-electron chi connectivity index (χ3n) is 0. The summed E-state index contributed by atoms with van der Waals surface area (Å²) in [5.41, 5.74) is 0. The summed E-state index contributed by atoms with van der Waals surface area (Å²) in [6.45, 7) is 0. The van der Waals surface area contributed by atoms with Crippen molar-refractivity contribution in [1.82, 2.24) is 0 Å². The van der Waals surface area contributed by atoms with Crippen LogP contribution in [0.4, 0.5) is 0 Å². The number of rotatable bonds is 0. The van der Waals surface area contributed by atoms with E-state index in [9.17, 15) is 0 Å². The summed E-state index contributed by atoms with van der Waals surface area (Å²) < 4.78 is 0. The summed E-state index contributed by atoms with van der Waals surface area (Å²) in [5.74, 6) is 0. The molecule has 13 heteroatoms. The molecule has 0 bridgehead atoms. The summed E-state index contributed by atoms with van der Waals surface area (Å²) >= 11 is 0. The van der Waals surface area contributed by atoms with Crippen molar-refractivity contribution < 1.29 is 242 Å². The van der Waals surface area contributed by atoms with E-state index in [4.69, 9.17) is 0 Å². The van der Waals surface area contributed by atoms with Gasteiger partial charge in [0.2, 0.25) is 0 Å². The van der Waals surface area contributed by atoms with Crippen LogP contribution in [-0.4, -0.2) is 17.4 Å². The molecule has 0 atom stereocenters. The molecule has 0 aliphatic carbocycles. The van der Waals surface area contributed by atoms with Gasteiger partial charge in [-0.2, -0.15) is 0 Å². The van der Waals surface area contributed by atoms with E-state index in [1.54, 1.807) is 0 Å². The molecule has 82 valence electrons. The second kappa shape index (κ2) is 110. The quantitative estimate of drug-likeness (QED) is 0.268. The monoisotopic (exact) mass is 1060 g/mol. The Morgan fingerprint density at radius 2 is 1.00 bits per heavy atom. The van der Waals surface area contributed by atoms with E-state index in [1.165, 1.54) is 0 Å². The normalized spacial score (nSPS) is 0. The molecule has 0 aromatic heterocycles. The van der Waals surface area contributed by atoms with Gasteiger partial charge in [0.25, 0.3) is 0 Å². The molecule has 0 saturated heterocycles. The molecule has 0 aliphatic heterocycles. The standard InChI is InChI=1S/Al.Cr.Cu.Fe.Hf.Mn.Mo.Nb.Ni.Ti.V.W.Zr.3H. The molecule has 0 aromatic rings. The Labute approximate surface area is 253 Å². The van der Waals surface area contributed by atoms with Gasteiger partial charge in [0.05, 0.1) is 0 Å². The molecule has 0 saturated carbocycles. The fourth-order valence-corrected chi connectivity index (χ4v) is 0. The Morgan fingerprint density at radius 3 is 1.00 bits per heavy atom. The van der Waals surface area contributed by atoms with Gasteiger partial charge in [-0.1, -0.05) is 0 Å². The van der Waals surface area contributed by atoms with Crippen molar-refractivity contribution in [1.29, 1.82) is 0 Å². The fourth-order valence-electron chi connectivity index (χ4n) is 0. The predicted octanol–water partition coefficient (Wildman–Crippen LogP) is -1.21. The van der Waals surface area contributed by atoms with E-state index < -0.39 is 0 Å². The molecule has 0 unspecified atom stereocenters. The average molecular weight is 1060 g/mol. The first-order valence-electron chi connectivity index (χ1n) is 0. The van der Waals surface area contributed by atoms with Crippen LogP contribution in [0.2, 0.25) is 0 Å². The summed E-state index contributed by atoms with van der Waals surface area (Å²) in [5, 5.41) is 0. The van der Waals surface area contributed by atoms with Crippen molar-refractivity contribution in [2.24, 2.45) is 0 Å². The Hall–Kier alpha value is 8.29. The predicted molar refractivity (Wildman–Crippen MR) is 9.94 cm³/mol. The smallest absolute Gasteiger partial charge is 0 e. The Morgan fingerprint density at radius 1 is 1.00 bits per heavy atom. The van der Waals surface area contributed by atoms with Gasteiger partial charge in [0.1, 0.15) is 0 Å². The minimum absolute atomic E-state index is 0. The van der Waals surface area contributed by atoms with Gasteiger partial charge in [0, 0.05) is 242 Å². The van der Waals surface area contributed by atoms with Crippen molar-refractivity contribution in [2.45, 2.75) is 0 Å². The molecule has 0 amide bonds. The zero-order valence-corrected chi connectivity index (χ0v) is 26.6. The zero-order chi connectivity index (χ0) is 0. The molecular formula is H3AlCrCuFeHfMnMoNbNiTiVWZr. The largest absolute Gasteiger partial charge is 0.187 e. The van der Waals surface area contributed by atoms with E-state index in [-0.39, 0.29) is 259 Å². The Kier molecular flexibility index (Phi) is 1080. The fraction of sp³-hybridized carbons (Fsp3) is 0. The first-order chi connectivity index (χ1) is 0. The van der Waals surface area contributed by atoms with E-state index in [2.05, 4.69) is 0 Å². The molecule has 0 fully saturated rings. The van der Waals surface area contributed by atoms with Crippen LogP contribution in [0.5, 0.6) is 0 Å². The van der Waals surface area contributed by atoms with Crippen LogP contribution in [0.25, 0.3) is 0 Å². The molecule has 0 nitrogen and oxygen atoms in total. The summed E-state index contributed by atoms with van der Waals surface area (Å²) in [7, 11) is 0. The van der Waals surface area contributed by atoms with Gasteiger partial charge >= 0.3 is 0 Å². The van der Waals surface area contributed by atoms with Crippen LogP contribution in [0, 0.1) is 0 Å². The number of hydrogen-bond acceptors (Lipinski definition) is 0. The van der Waals surface area contributed by atoms with Gasteiger partial charge in [0.15, 0.2) is 17.4 Å². The Balaban J connectivity index is 0. The van der Waals surface area contributed by atoms with Gasteiger partial charge in [-0.15, -0.1) is 0 Å². The van der Waals surface area contributed by atoms with Crippen molar-refractivity contribution in [3.63, 3.8) is 0 Å². The number of hydrogen-bond donors (Lipinski definition) is 0. The van der Waals surface area contributed by atoms with Crippen LogP contribution in [0.15, 0.2) is 0 Å². The van der Waals surface area contributed by atoms with Crippen LogP contribution in [0.1, 0.15) is 0 Å². The first kappa shape index (κ1) is 128. The summed E-state index contributed by atoms with van der Waals surface area (Å²) in [4.78, 5) is 0. The van der Waals surface area contributed by atoms with Gasteiger partial charge < -0.3 is 0 Å². The molecule has 0 aromatic carbocycles. The maximum atomic E-state index is 0. The molecule has 0 heterocycles. The minimum atomic E-state index is 0. The summed E-state index contributed by atoms with van der Waals surface area (Å²) in [6, 6.07) is 0. The van der Waals surface area contributed by atoms with Crippen molar-refractivity contribution in [2.75, 3.05) is 0 Å². The van der Waals surface area contributed by atoms with Crippen molar-refractivity contribution in [3.05, 3.63) is 0 Å². The third-order valence-corrected chi connectivity index (χ3v) is 0. The molecule has 0 rings (SSSR count). The Bertz CT molecular complexity index is 48.1. The molecule has 4 radical (unpaired) electrons. The van der Waals surface area contributed by atoms with Crippen molar-refractivity contribution >= 4 is 17.4 Å². The molecule has 0 spiro atoms. The third kappa shape index (κ3) is 98.8. The maximum absolute atomic E-state index is 0. The average Bonchev–Trinajstić information content (AvgIpc) is 0. The minimum Gasteiger partial charge on any atom is 0 e. The second-order valence-electron chi connectivity index (χ2n) is 0. The van der Waals surface area contributed by atoms with Crippen LogP contribution in [-0.2, 0) is 242 Å². The molecule has 0 aliphatic rings. The maximum Gasteiger partial charge on any atom is 0.187 e. The van der Waals surface area contributed by atoms with Gasteiger partial charge in [-0.25, -0.2) is 0 Å². The SMILES string of the molecule is [AlH3].[Cr].[Cu].[Fe].[Hf].[Mn].[Mo].[Nb].[Ni].[Ti].[V].[W].[Zr]. The zero-order valence-electron chi connectivity index (χ0n) is 4.97. The van der Waals surface area contributed by atoms with E-state index in [0.717, 1.165) is 0 Å². The molecular weight excluding hydrogens is 1050 g/mol. The van der Waals surface area contributed by atoms with E-state index in [1.807, 2.05) is 0 Å². The second-order valence-corrected chi connectivity index (χ2v) is 0. The topological polar surface area (TPSA) is 0 Å². The van der Waals surface area contributed by atoms with Crippen LogP contribution in [0.3, 0.4) is 0 Å². The summed E-state index contributed by atoms with van der Waals surface area (Å²) in [6.07, 6.45) is 0. The van der Waals surface area contributed by atoms with E-state index >= 15 is 0 Å². The van der Waals surface area contributed by atoms with Crippen LogP contribution < -0.4 is 0 Å². The molecule has 0 N–H and O–H groups in total. The molecule has 13 heavy (non-hydrogen) atoms. The van der Waals surface area contributed by atoms with Crippen LogP contribution >= 0.6 is 0 Å². The van der Waals surface area contributed by atoms with Crippen molar-refractivity contribution in [3.8, 4) is 0 Å².